The number of nitrogens with zero attached hydrogens (tertiary/aromatic N) is 1. The average molecular weight is 362 g/mol. The molecule has 120 valence electrons. The van der Waals surface area contributed by atoms with Crippen LogP contribution in [0.5, 0.6) is 0 Å². The maximum atomic E-state index is 11.0. The van der Waals surface area contributed by atoms with Crippen LogP contribution in [0.25, 0.3) is 0 Å². The number of aldehydes is 1. The van der Waals surface area contributed by atoms with Crippen molar-refractivity contribution in [2.75, 3.05) is 6.61 Å². The molecule has 0 spiro atoms. The number of hydrogen-bond acceptors (Lipinski definition) is 8. The topological polar surface area (TPSA) is 155 Å². The second kappa shape index (κ2) is 7.64. The number of hydrogen-bond donors (Lipinski definition) is 4. The number of amidine groups is 1. The number of rotatable bonds is 7. The molecule has 0 aromatic heterocycles. The maximum Gasteiger partial charge on any atom is 0.380 e. The SMILES string of the molecule is N=C(N)C(C=O)C=NC1OC(COP(=O)(Cl)Cl)C(O)C1O. The molecule has 0 amide bonds. The van der Waals surface area contributed by atoms with Crippen molar-refractivity contribution in [2.45, 2.75) is 24.5 Å². The molecule has 0 aromatic rings. The third kappa shape index (κ3) is 5.63. The number of aliphatic imine (C=N–C) groups is 1. The number of nitrogens with two attached hydrogens (primary N) is 1. The third-order valence-corrected chi connectivity index (χ3v) is 3.66. The van der Waals surface area contributed by atoms with Gasteiger partial charge in [-0.15, -0.1) is 0 Å². The molecule has 1 aliphatic rings. The van der Waals surface area contributed by atoms with Crippen LogP contribution in [0.2, 0.25) is 0 Å². The van der Waals surface area contributed by atoms with Crippen molar-refractivity contribution in [2.24, 2.45) is 16.6 Å². The summed E-state index contributed by atoms with van der Waals surface area (Å²) in [6.45, 7) is -0.418. The second-order valence-electron chi connectivity index (χ2n) is 4.17. The summed E-state index contributed by atoms with van der Waals surface area (Å²) in [6.07, 6.45) is -7.41. The highest BCUT2D eigenvalue weighted by Gasteiger charge is 2.43. The van der Waals surface area contributed by atoms with E-state index in [0.29, 0.717) is 6.29 Å². The summed E-state index contributed by atoms with van der Waals surface area (Å²) in [5.41, 5.74) is 5.14. The molecule has 1 saturated heterocycles. The zero-order chi connectivity index (χ0) is 16.2. The molecule has 0 radical (unpaired) electrons. The van der Waals surface area contributed by atoms with Crippen molar-refractivity contribution in [1.29, 1.82) is 5.41 Å². The first-order valence-electron chi connectivity index (χ1n) is 5.63. The van der Waals surface area contributed by atoms with Crippen LogP contribution in [-0.2, 0) is 18.6 Å². The Hall–Kier alpha value is -0.540. The number of carbonyl (C=O) groups excluding carboxylic acids is 1. The second-order valence-corrected chi connectivity index (χ2v) is 8.45. The number of aliphatic hydroxyl groups is 2. The summed E-state index contributed by atoms with van der Waals surface area (Å²) in [7, 11) is 0. The van der Waals surface area contributed by atoms with Gasteiger partial charge < -0.3 is 30.0 Å². The first-order valence-corrected chi connectivity index (χ1v) is 9.07. The number of aliphatic hydroxyl groups excluding tert-OH is 2. The van der Waals surface area contributed by atoms with Gasteiger partial charge in [-0.25, -0.2) is 0 Å². The molecule has 0 aromatic carbocycles. The fourth-order valence-electron chi connectivity index (χ4n) is 1.52. The van der Waals surface area contributed by atoms with E-state index >= 15 is 0 Å². The van der Waals surface area contributed by atoms with Gasteiger partial charge in [0.15, 0.2) is 6.23 Å². The van der Waals surface area contributed by atoms with Gasteiger partial charge in [-0.05, 0) is 22.5 Å². The summed E-state index contributed by atoms with van der Waals surface area (Å²) >= 11 is 10.4. The van der Waals surface area contributed by atoms with Gasteiger partial charge in [-0.1, -0.05) is 0 Å². The molecule has 9 nitrogen and oxygen atoms in total. The summed E-state index contributed by atoms with van der Waals surface area (Å²) in [4.78, 5) is 14.4. The van der Waals surface area contributed by atoms with Crippen molar-refractivity contribution in [3.63, 3.8) is 0 Å². The Balaban J connectivity index is 2.66. The minimum Gasteiger partial charge on any atom is -0.387 e. The third-order valence-electron chi connectivity index (χ3n) is 2.63. The van der Waals surface area contributed by atoms with Gasteiger partial charge in [0.1, 0.15) is 36.4 Å². The zero-order valence-corrected chi connectivity index (χ0v) is 12.9. The lowest BCUT2D eigenvalue weighted by Crippen LogP contribution is -2.34. The monoisotopic (exact) mass is 361 g/mol. The van der Waals surface area contributed by atoms with Gasteiger partial charge in [-0.3, -0.25) is 15.0 Å². The minimum atomic E-state index is -3.79. The summed E-state index contributed by atoms with van der Waals surface area (Å²) in [6, 6.07) is 0. The Morgan fingerprint density at radius 3 is 2.62 bits per heavy atom. The van der Waals surface area contributed by atoms with Crippen LogP contribution < -0.4 is 5.73 Å². The van der Waals surface area contributed by atoms with Gasteiger partial charge in [0.25, 0.3) is 0 Å². The number of halogens is 2. The lowest BCUT2D eigenvalue weighted by atomic mass is 10.1. The van der Waals surface area contributed by atoms with E-state index in [-0.39, 0.29) is 0 Å². The van der Waals surface area contributed by atoms with Crippen molar-refractivity contribution < 1.29 is 28.8 Å². The van der Waals surface area contributed by atoms with E-state index in [9.17, 15) is 19.6 Å². The molecule has 5 unspecified atom stereocenters. The van der Waals surface area contributed by atoms with E-state index in [4.69, 9.17) is 38.4 Å². The highest BCUT2D eigenvalue weighted by Crippen LogP contribution is 2.57. The van der Waals surface area contributed by atoms with Crippen LogP contribution in [0.1, 0.15) is 0 Å². The largest absolute Gasteiger partial charge is 0.387 e. The van der Waals surface area contributed by atoms with Crippen LogP contribution in [0.4, 0.5) is 0 Å². The molecule has 1 rings (SSSR count). The Morgan fingerprint density at radius 1 is 1.52 bits per heavy atom. The predicted octanol–water partition coefficient (Wildman–Crippen LogP) is -0.143. The summed E-state index contributed by atoms with van der Waals surface area (Å²) < 4.78 is 20.7. The first kappa shape index (κ1) is 18.5. The Bertz CT molecular complexity index is 472. The fourth-order valence-corrected chi connectivity index (χ4v) is 2.17. The number of nitrogens with one attached hydrogen (secondary N) is 1. The maximum absolute atomic E-state index is 11.0. The van der Waals surface area contributed by atoms with E-state index in [0.717, 1.165) is 6.21 Å². The van der Waals surface area contributed by atoms with Crippen molar-refractivity contribution >= 4 is 46.9 Å². The lowest BCUT2D eigenvalue weighted by Gasteiger charge is -2.14. The van der Waals surface area contributed by atoms with E-state index in [1.54, 1.807) is 0 Å². The van der Waals surface area contributed by atoms with Crippen LogP contribution in [0.15, 0.2) is 4.99 Å². The molecule has 21 heavy (non-hydrogen) atoms. The standard InChI is InChI=1S/C9H14Cl2N3O6P/c10-21(11,18)19-3-5-6(16)7(17)9(20-5)14-1-4(2-15)8(12)13/h1-2,4-7,9,16-17H,3H2,(H3,12,13). The summed E-state index contributed by atoms with van der Waals surface area (Å²) in [5.74, 6) is -1.48. The fraction of sp³-hybridized carbons (Fsp3) is 0.667. The molecule has 5 atom stereocenters. The number of carbonyl (C=O) groups is 1. The van der Waals surface area contributed by atoms with Gasteiger partial charge in [0, 0.05) is 6.21 Å². The first-order chi connectivity index (χ1) is 9.65. The molecule has 1 aliphatic heterocycles. The Kier molecular flexibility index (Phi) is 6.73. The Morgan fingerprint density at radius 2 is 2.14 bits per heavy atom. The molecule has 12 heteroatoms. The van der Waals surface area contributed by atoms with E-state index in [1.165, 1.54) is 0 Å². The van der Waals surface area contributed by atoms with Crippen LogP contribution >= 0.6 is 28.6 Å². The molecule has 0 saturated carbocycles. The predicted molar refractivity (Wildman–Crippen MR) is 75.9 cm³/mol. The van der Waals surface area contributed by atoms with Gasteiger partial charge in [-0.2, -0.15) is 0 Å². The number of ether oxygens (including phenoxy) is 1. The molecular weight excluding hydrogens is 348 g/mol. The van der Waals surface area contributed by atoms with Crippen LogP contribution in [0, 0.1) is 11.3 Å². The van der Waals surface area contributed by atoms with Crippen LogP contribution in [-0.4, -0.2) is 59.7 Å². The quantitative estimate of drug-likeness (QED) is 0.213. The van der Waals surface area contributed by atoms with Gasteiger partial charge in [0.2, 0.25) is 0 Å². The van der Waals surface area contributed by atoms with Gasteiger partial charge >= 0.3 is 6.07 Å². The zero-order valence-electron chi connectivity index (χ0n) is 10.5. The molecule has 0 aliphatic carbocycles. The highest BCUT2D eigenvalue weighted by atomic mass is 35.9. The molecule has 1 fully saturated rings. The Labute approximate surface area is 129 Å². The lowest BCUT2D eigenvalue weighted by molar-refractivity contribution is -0.108. The van der Waals surface area contributed by atoms with Gasteiger partial charge in [0.05, 0.1) is 6.61 Å². The highest BCUT2D eigenvalue weighted by molar-refractivity contribution is 8.05. The van der Waals surface area contributed by atoms with Crippen LogP contribution in [0.3, 0.4) is 0 Å². The molecular formula is C9H14Cl2N3O6P. The van der Waals surface area contributed by atoms with Crippen molar-refractivity contribution in [3.05, 3.63) is 0 Å². The normalized spacial score (nSPS) is 31.4. The van der Waals surface area contributed by atoms with Crippen molar-refractivity contribution in [1.82, 2.24) is 0 Å². The van der Waals surface area contributed by atoms with Crippen molar-refractivity contribution in [3.8, 4) is 0 Å². The minimum absolute atomic E-state index is 0.390. The smallest absolute Gasteiger partial charge is 0.380 e. The molecule has 5 N–H and O–H groups in total. The molecule has 0 bridgehead atoms. The summed E-state index contributed by atoms with van der Waals surface area (Å²) in [5, 5.41) is 26.6. The van der Waals surface area contributed by atoms with E-state index < -0.39 is 49.0 Å². The average Bonchev–Trinajstić information content (AvgIpc) is 2.64. The van der Waals surface area contributed by atoms with E-state index in [2.05, 4.69) is 9.52 Å². The molecule has 1 heterocycles. The van der Waals surface area contributed by atoms with E-state index in [1.807, 2.05) is 0 Å².